The first-order valence-electron chi connectivity index (χ1n) is 9.55. The van der Waals surface area contributed by atoms with Crippen molar-refractivity contribution >= 4 is 23.4 Å². The summed E-state index contributed by atoms with van der Waals surface area (Å²) in [6.07, 6.45) is 1.18. The molecule has 1 aliphatic heterocycles. The van der Waals surface area contributed by atoms with E-state index in [1.54, 1.807) is 0 Å². The Balaban J connectivity index is 1.93. The minimum absolute atomic E-state index is 0.0588. The van der Waals surface area contributed by atoms with E-state index in [0.29, 0.717) is 39.5 Å². The van der Waals surface area contributed by atoms with Gasteiger partial charge in [-0.1, -0.05) is 39.5 Å². The van der Waals surface area contributed by atoms with Crippen LogP contribution in [0.2, 0.25) is 0 Å². The van der Waals surface area contributed by atoms with E-state index in [1.165, 1.54) is 11.8 Å². The van der Waals surface area contributed by atoms with Crippen LogP contribution in [-0.4, -0.2) is 21.0 Å². The molecule has 4 rings (SSSR count). The second kappa shape index (κ2) is 6.65. The second-order valence-corrected chi connectivity index (χ2v) is 10.2. The lowest BCUT2D eigenvalue weighted by Crippen LogP contribution is -2.36. The molecule has 0 amide bonds. The van der Waals surface area contributed by atoms with Crippen LogP contribution in [0.3, 0.4) is 0 Å². The van der Waals surface area contributed by atoms with E-state index in [9.17, 15) is 9.59 Å². The van der Waals surface area contributed by atoms with Crippen LogP contribution in [0, 0.1) is 12.3 Å². The third-order valence-electron chi connectivity index (χ3n) is 5.09. The van der Waals surface area contributed by atoms with Crippen molar-refractivity contribution in [1.29, 1.82) is 0 Å². The van der Waals surface area contributed by atoms with Crippen LogP contribution < -0.4 is 10.9 Å². The lowest BCUT2D eigenvalue weighted by atomic mass is 9.70. The van der Waals surface area contributed by atoms with Gasteiger partial charge in [0.2, 0.25) is 0 Å². The van der Waals surface area contributed by atoms with Crippen molar-refractivity contribution < 1.29 is 9.21 Å². The van der Waals surface area contributed by atoms with Crippen molar-refractivity contribution in [2.45, 2.75) is 63.8 Å². The maximum Gasteiger partial charge on any atom is 0.257 e. The van der Waals surface area contributed by atoms with Crippen molar-refractivity contribution in [1.82, 2.24) is 9.97 Å². The highest BCUT2D eigenvalue weighted by atomic mass is 32.2. The van der Waals surface area contributed by atoms with Crippen LogP contribution in [0.25, 0.3) is 0 Å². The van der Waals surface area contributed by atoms with Gasteiger partial charge in [-0.15, -0.1) is 0 Å². The van der Waals surface area contributed by atoms with Crippen molar-refractivity contribution in [2.24, 2.45) is 5.41 Å². The minimum atomic E-state index is -0.530. The molecule has 148 valence electrons. The Labute approximate surface area is 168 Å². The number of carbonyl (C=O) groups is 1. The fourth-order valence-corrected chi connectivity index (χ4v) is 4.81. The highest BCUT2D eigenvalue weighted by Crippen LogP contribution is 2.47. The smallest absolute Gasteiger partial charge is 0.257 e. The van der Waals surface area contributed by atoms with Gasteiger partial charge in [0.1, 0.15) is 17.3 Å². The summed E-state index contributed by atoms with van der Waals surface area (Å²) < 4.78 is 5.88. The van der Waals surface area contributed by atoms with Crippen molar-refractivity contribution in [3.63, 3.8) is 0 Å². The quantitative estimate of drug-likeness (QED) is 0.588. The molecule has 1 aliphatic carbocycles. The predicted molar refractivity (Wildman–Crippen MR) is 110 cm³/mol. The molecule has 2 N–H and O–H groups in total. The third-order valence-corrected chi connectivity index (χ3v) is 5.98. The number of aromatic nitrogens is 2. The van der Waals surface area contributed by atoms with Crippen LogP contribution in [-0.2, 0) is 4.79 Å². The number of nitrogens with one attached hydrogen (secondary N) is 2. The number of aromatic amines is 1. The number of fused-ring (bicyclic) bond motifs is 1. The average molecular weight is 400 g/mol. The van der Waals surface area contributed by atoms with Gasteiger partial charge in [0.15, 0.2) is 10.9 Å². The second-order valence-electron chi connectivity index (χ2n) is 8.64. The molecule has 0 spiro atoms. The molecule has 2 aliphatic rings. The van der Waals surface area contributed by atoms with Crippen LogP contribution in [0.5, 0.6) is 0 Å². The molecular formula is C21H25N3O3S. The Hall–Kier alpha value is -2.28. The third kappa shape index (κ3) is 3.32. The summed E-state index contributed by atoms with van der Waals surface area (Å²) in [6.45, 7) is 10.1. The monoisotopic (exact) mass is 399 g/mol. The summed E-state index contributed by atoms with van der Waals surface area (Å²) in [5.74, 6) is 1.41. The van der Waals surface area contributed by atoms with Gasteiger partial charge in [0.05, 0.1) is 11.5 Å². The molecule has 0 radical (unpaired) electrons. The number of Topliss-reactive ketones (excluding diaryl/α,β-unsaturated/α-hetero) is 1. The zero-order valence-corrected chi connectivity index (χ0v) is 17.6. The molecule has 7 heteroatoms. The summed E-state index contributed by atoms with van der Waals surface area (Å²) in [6, 6.07) is 3.71. The zero-order chi connectivity index (χ0) is 20.2. The number of thioether (sulfide) groups is 1. The van der Waals surface area contributed by atoms with E-state index >= 15 is 0 Å². The predicted octanol–water partition coefficient (Wildman–Crippen LogP) is 4.37. The summed E-state index contributed by atoms with van der Waals surface area (Å²) >= 11 is 1.50. The minimum Gasteiger partial charge on any atom is -0.465 e. The normalized spacial score (nSPS) is 20.8. The van der Waals surface area contributed by atoms with E-state index < -0.39 is 5.92 Å². The van der Waals surface area contributed by atoms with Crippen LogP contribution in [0.15, 0.2) is 37.8 Å². The molecule has 0 bridgehead atoms. The maximum absolute atomic E-state index is 13.1. The first-order chi connectivity index (χ1) is 13.1. The summed E-state index contributed by atoms with van der Waals surface area (Å²) in [4.78, 5) is 33.7. The van der Waals surface area contributed by atoms with Crippen LogP contribution in [0.4, 0.5) is 5.82 Å². The number of ketones is 1. The van der Waals surface area contributed by atoms with Gasteiger partial charge in [0, 0.05) is 22.9 Å². The number of H-pyrrole nitrogens is 1. The van der Waals surface area contributed by atoms with E-state index in [-0.39, 0.29) is 16.8 Å². The molecule has 0 aromatic carbocycles. The zero-order valence-electron chi connectivity index (χ0n) is 16.8. The van der Waals surface area contributed by atoms with Crippen molar-refractivity contribution in [2.75, 3.05) is 5.32 Å². The Morgan fingerprint density at radius 2 is 2.00 bits per heavy atom. The number of anilines is 1. The van der Waals surface area contributed by atoms with Gasteiger partial charge in [0.25, 0.3) is 5.56 Å². The number of aryl methyl sites for hydroxylation is 1. The average Bonchev–Trinajstić information content (AvgIpc) is 2.97. The molecule has 2 aromatic heterocycles. The molecule has 0 saturated heterocycles. The molecule has 0 saturated carbocycles. The molecule has 2 aromatic rings. The maximum atomic E-state index is 13.1. The van der Waals surface area contributed by atoms with Crippen LogP contribution >= 0.6 is 11.8 Å². The highest BCUT2D eigenvalue weighted by Gasteiger charge is 2.43. The fraction of sp³-hybridized carbons (Fsp3) is 0.476. The molecule has 3 heterocycles. The number of nitrogens with zero attached hydrogens (tertiary/aromatic N) is 1. The van der Waals surface area contributed by atoms with Gasteiger partial charge in [-0.25, -0.2) is 4.98 Å². The molecule has 1 atom stereocenters. The molecule has 28 heavy (non-hydrogen) atoms. The first-order valence-corrected chi connectivity index (χ1v) is 10.4. The molecule has 0 fully saturated rings. The van der Waals surface area contributed by atoms with E-state index in [1.807, 2.05) is 19.1 Å². The molecule has 1 unspecified atom stereocenters. The topological polar surface area (TPSA) is 88.0 Å². The van der Waals surface area contributed by atoms with Gasteiger partial charge < -0.3 is 14.7 Å². The number of hydrogen-bond donors (Lipinski definition) is 2. The number of allylic oxidation sites excluding steroid dienone is 2. The van der Waals surface area contributed by atoms with Gasteiger partial charge >= 0.3 is 0 Å². The number of furan rings is 1. The lowest BCUT2D eigenvalue weighted by Gasteiger charge is -2.37. The molecular weight excluding hydrogens is 374 g/mol. The standard InChI is InChI=1S/C21H25N3O3S/c1-10(2)28-20-23-18-17(19(26)24-20)16(14-7-6-11(3)27-14)15-12(22-18)8-21(4,5)9-13(15)25/h6-7,10,16H,8-9H2,1-5H3,(H2,22,23,24,26). The molecule has 6 nitrogen and oxygen atoms in total. The van der Waals surface area contributed by atoms with Crippen molar-refractivity contribution in [3.05, 3.63) is 50.8 Å². The SMILES string of the molecule is Cc1ccc(C2C3=C(CC(C)(C)CC3=O)Nc3nc(SC(C)C)[nH]c(=O)c32)o1. The van der Waals surface area contributed by atoms with Crippen LogP contribution in [0.1, 0.15) is 63.5 Å². The Morgan fingerprint density at radius 1 is 1.25 bits per heavy atom. The summed E-state index contributed by atoms with van der Waals surface area (Å²) in [5, 5.41) is 4.18. The van der Waals surface area contributed by atoms with Gasteiger partial charge in [-0.2, -0.15) is 0 Å². The Kier molecular flexibility index (Phi) is 4.53. The van der Waals surface area contributed by atoms with Crippen molar-refractivity contribution in [3.8, 4) is 0 Å². The largest absolute Gasteiger partial charge is 0.465 e. The summed E-state index contributed by atoms with van der Waals surface area (Å²) in [7, 11) is 0. The fourth-order valence-electron chi connectivity index (χ4n) is 4.07. The Bertz CT molecular complexity index is 1050. The number of carbonyl (C=O) groups excluding carboxylic acids is 1. The number of rotatable bonds is 3. The Morgan fingerprint density at radius 3 is 2.64 bits per heavy atom. The van der Waals surface area contributed by atoms with E-state index in [4.69, 9.17) is 4.42 Å². The first kappa shape index (κ1) is 19.1. The van der Waals surface area contributed by atoms with Gasteiger partial charge in [-0.05, 0) is 30.9 Å². The van der Waals surface area contributed by atoms with E-state index in [0.717, 1.165) is 17.9 Å². The van der Waals surface area contributed by atoms with Gasteiger partial charge in [-0.3, -0.25) is 9.59 Å². The number of hydrogen-bond acceptors (Lipinski definition) is 6. The lowest BCUT2D eigenvalue weighted by molar-refractivity contribution is -0.118. The summed E-state index contributed by atoms with van der Waals surface area (Å²) in [5.41, 5.74) is 1.57. The van der Waals surface area contributed by atoms with E-state index in [2.05, 4.69) is 43.0 Å². The highest BCUT2D eigenvalue weighted by molar-refractivity contribution is 7.99.